The standard InChI is InChI=1S/C23H18BrF4N5O2S2/c24-20-16-3-1-2-4-19(16)36-22(20)33(12-13-5-10-18(25)17(11-13)23(26,27)28)37(34,35)15-8-6-14(7-9-15)21-29-31-32-30-21/h1-11,21,29-32H,12H2. The first-order valence-electron chi connectivity index (χ1n) is 10.7. The summed E-state index contributed by atoms with van der Waals surface area (Å²) in [5.74, 6) is -1.43. The third-order valence-electron chi connectivity index (χ3n) is 5.70. The molecule has 2 heterocycles. The maximum absolute atomic E-state index is 13.9. The number of hydrazine groups is 3. The fourth-order valence-corrected chi connectivity index (χ4v) is 7.68. The molecule has 37 heavy (non-hydrogen) atoms. The summed E-state index contributed by atoms with van der Waals surface area (Å²) in [7, 11) is -4.25. The van der Waals surface area contributed by atoms with Crippen LogP contribution in [0.2, 0.25) is 0 Å². The molecule has 0 amide bonds. The zero-order valence-corrected chi connectivity index (χ0v) is 21.8. The summed E-state index contributed by atoms with van der Waals surface area (Å²) >= 11 is 4.66. The normalized spacial score (nSPS) is 14.9. The predicted molar refractivity (Wildman–Crippen MR) is 136 cm³/mol. The Hall–Kier alpha value is -2.59. The van der Waals surface area contributed by atoms with Gasteiger partial charge in [0, 0.05) is 10.1 Å². The zero-order valence-electron chi connectivity index (χ0n) is 18.6. The Kier molecular flexibility index (Phi) is 7.00. The largest absolute Gasteiger partial charge is 0.419 e. The molecule has 1 aliphatic heterocycles. The summed E-state index contributed by atoms with van der Waals surface area (Å²) in [6, 6.07) is 15.8. The molecule has 0 radical (unpaired) electrons. The third-order valence-corrected chi connectivity index (χ3v) is 9.84. The van der Waals surface area contributed by atoms with Gasteiger partial charge < -0.3 is 0 Å². The van der Waals surface area contributed by atoms with E-state index in [1.807, 2.05) is 12.1 Å². The number of anilines is 1. The Bertz CT molecular complexity index is 1560. The number of halogens is 5. The zero-order chi connectivity index (χ0) is 26.4. The van der Waals surface area contributed by atoms with Crippen molar-refractivity contribution in [2.24, 2.45) is 0 Å². The molecule has 4 N–H and O–H groups in total. The minimum Gasteiger partial charge on any atom is -0.251 e. The van der Waals surface area contributed by atoms with Gasteiger partial charge in [-0.15, -0.1) is 11.3 Å². The first-order valence-corrected chi connectivity index (χ1v) is 13.8. The minimum absolute atomic E-state index is 0.0187. The molecule has 1 aliphatic rings. The molecule has 1 saturated heterocycles. The quantitative estimate of drug-likeness (QED) is 0.219. The van der Waals surface area contributed by atoms with Crippen LogP contribution < -0.4 is 26.2 Å². The average molecular weight is 616 g/mol. The fraction of sp³-hybridized carbons (Fsp3) is 0.130. The van der Waals surface area contributed by atoms with Crippen molar-refractivity contribution in [2.45, 2.75) is 23.8 Å². The van der Waals surface area contributed by atoms with Gasteiger partial charge in [-0.2, -0.15) is 24.2 Å². The summed E-state index contributed by atoms with van der Waals surface area (Å²) in [6.07, 6.45) is -5.24. The maximum Gasteiger partial charge on any atom is 0.419 e. The fourth-order valence-electron chi connectivity index (χ4n) is 3.86. The van der Waals surface area contributed by atoms with Gasteiger partial charge >= 0.3 is 6.18 Å². The molecule has 0 unspecified atom stereocenters. The molecule has 0 saturated carbocycles. The molecule has 0 bridgehead atoms. The number of nitrogens with one attached hydrogen (secondary N) is 4. The SMILES string of the molecule is O=S(=O)(c1ccc(C2NNNN2)cc1)N(Cc1ccc(F)c(C(F)(F)F)c1)c1sc2ccccc2c1Br. The first kappa shape index (κ1) is 26.0. The molecule has 7 nitrogen and oxygen atoms in total. The van der Waals surface area contributed by atoms with E-state index in [9.17, 15) is 26.0 Å². The van der Waals surface area contributed by atoms with Crippen LogP contribution in [-0.2, 0) is 22.7 Å². The van der Waals surface area contributed by atoms with Gasteiger partial charge in [0.1, 0.15) is 17.0 Å². The molecule has 0 spiro atoms. The van der Waals surface area contributed by atoms with Crippen LogP contribution in [0.4, 0.5) is 22.6 Å². The number of sulfonamides is 1. The molecular formula is C23H18BrF4N5O2S2. The lowest BCUT2D eigenvalue weighted by Gasteiger charge is -2.24. The van der Waals surface area contributed by atoms with Gasteiger partial charge in [-0.05, 0) is 57.4 Å². The topological polar surface area (TPSA) is 85.5 Å². The van der Waals surface area contributed by atoms with E-state index < -0.39 is 34.1 Å². The van der Waals surface area contributed by atoms with E-state index in [0.29, 0.717) is 16.6 Å². The molecule has 0 atom stereocenters. The van der Waals surface area contributed by atoms with Gasteiger partial charge in [0.15, 0.2) is 0 Å². The van der Waals surface area contributed by atoms with Gasteiger partial charge in [0.05, 0.1) is 21.5 Å². The van der Waals surface area contributed by atoms with E-state index in [1.54, 1.807) is 24.3 Å². The van der Waals surface area contributed by atoms with Gasteiger partial charge in [-0.1, -0.05) is 36.4 Å². The summed E-state index contributed by atoms with van der Waals surface area (Å²) < 4.78 is 84.1. The van der Waals surface area contributed by atoms with Gasteiger partial charge in [-0.3, -0.25) is 4.31 Å². The van der Waals surface area contributed by atoms with Crippen molar-refractivity contribution in [1.82, 2.24) is 21.9 Å². The number of rotatable bonds is 6. The highest BCUT2D eigenvalue weighted by Gasteiger charge is 2.35. The Morgan fingerprint density at radius 3 is 2.30 bits per heavy atom. The number of nitrogens with zero attached hydrogens (tertiary/aromatic N) is 1. The summed E-state index contributed by atoms with van der Waals surface area (Å²) in [5.41, 5.74) is 10.4. The van der Waals surface area contributed by atoms with Crippen LogP contribution in [-0.4, -0.2) is 8.42 Å². The molecule has 0 aliphatic carbocycles. The monoisotopic (exact) mass is 615 g/mol. The van der Waals surface area contributed by atoms with Crippen LogP contribution in [0.1, 0.15) is 22.9 Å². The average Bonchev–Trinajstić information content (AvgIpc) is 3.52. The number of thiophene rings is 1. The number of fused-ring (bicyclic) bond motifs is 1. The highest BCUT2D eigenvalue weighted by atomic mass is 79.9. The second kappa shape index (κ2) is 9.94. The molecule has 14 heteroatoms. The van der Waals surface area contributed by atoms with Crippen molar-refractivity contribution in [1.29, 1.82) is 0 Å². The molecule has 4 aromatic rings. The van der Waals surface area contributed by atoms with E-state index >= 15 is 0 Å². The maximum atomic E-state index is 13.9. The van der Waals surface area contributed by atoms with Crippen LogP contribution in [0.25, 0.3) is 10.1 Å². The van der Waals surface area contributed by atoms with Crippen LogP contribution in [0.5, 0.6) is 0 Å². The van der Waals surface area contributed by atoms with Crippen LogP contribution in [0.15, 0.2) is 76.1 Å². The summed E-state index contributed by atoms with van der Waals surface area (Å²) in [5, 5.41) is 1.04. The molecule has 3 aromatic carbocycles. The number of benzene rings is 3. The van der Waals surface area contributed by atoms with Crippen LogP contribution >= 0.6 is 27.3 Å². The second-order valence-corrected chi connectivity index (χ2v) is 11.8. The van der Waals surface area contributed by atoms with Gasteiger partial charge in [0.2, 0.25) is 0 Å². The highest BCUT2D eigenvalue weighted by molar-refractivity contribution is 9.10. The van der Waals surface area contributed by atoms with Crippen molar-refractivity contribution in [3.8, 4) is 0 Å². The number of hydrogen-bond donors (Lipinski definition) is 4. The van der Waals surface area contributed by atoms with Crippen LogP contribution in [0, 0.1) is 5.82 Å². The molecule has 1 fully saturated rings. The molecule has 194 valence electrons. The van der Waals surface area contributed by atoms with E-state index in [2.05, 4.69) is 37.9 Å². The minimum atomic E-state index is -4.93. The highest BCUT2D eigenvalue weighted by Crippen LogP contribution is 2.44. The second-order valence-electron chi connectivity index (χ2n) is 8.08. The molecule has 5 rings (SSSR count). The van der Waals surface area contributed by atoms with Crippen molar-refractivity contribution in [2.75, 3.05) is 4.31 Å². The van der Waals surface area contributed by atoms with Crippen LogP contribution in [0.3, 0.4) is 0 Å². The van der Waals surface area contributed by atoms with E-state index in [-0.39, 0.29) is 21.6 Å². The lowest BCUT2D eigenvalue weighted by molar-refractivity contribution is -0.140. The predicted octanol–water partition coefficient (Wildman–Crippen LogP) is 5.33. The van der Waals surface area contributed by atoms with E-state index in [1.165, 1.54) is 23.5 Å². The molecular weight excluding hydrogens is 598 g/mol. The Morgan fingerprint density at radius 2 is 1.65 bits per heavy atom. The third kappa shape index (κ3) is 5.10. The lowest BCUT2D eigenvalue weighted by atomic mass is 10.1. The lowest BCUT2D eigenvalue weighted by Crippen LogP contribution is -2.33. The molecule has 1 aromatic heterocycles. The Labute approximate surface area is 221 Å². The van der Waals surface area contributed by atoms with Crippen molar-refractivity contribution < 1.29 is 26.0 Å². The smallest absolute Gasteiger partial charge is 0.251 e. The van der Waals surface area contributed by atoms with E-state index in [4.69, 9.17) is 0 Å². The number of hydrogen-bond acceptors (Lipinski definition) is 7. The van der Waals surface area contributed by atoms with Gasteiger partial charge in [-0.25, -0.2) is 23.7 Å². The Balaban J connectivity index is 1.60. The van der Waals surface area contributed by atoms with E-state index in [0.717, 1.165) is 26.0 Å². The summed E-state index contributed by atoms with van der Waals surface area (Å²) in [6.45, 7) is -0.446. The Morgan fingerprint density at radius 1 is 0.973 bits per heavy atom. The first-order chi connectivity index (χ1) is 17.6. The van der Waals surface area contributed by atoms with Crippen molar-refractivity contribution in [3.05, 3.63) is 93.7 Å². The number of alkyl halides is 3. The summed E-state index contributed by atoms with van der Waals surface area (Å²) in [4.78, 5) is -0.0577. The van der Waals surface area contributed by atoms with Gasteiger partial charge in [0.25, 0.3) is 10.0 Å². The van der Waals surface area contributed by atoms with Crippen molar-refractivity contribution in [3.63, 3.8) is 0 Å². The van der Waals surface area contributed by atoms with Crippen molar-refractivity contribution >= 4 is 52.4 Å².